The molecule has 0 bridgehead atoms. The molecular formula is C21H17N3O3S. The fraction of sp³-hybridized carbons (Fsp3) is 0.238. The van der Waals surface area contributed by atoms with E-state index in [1.54, 1.807) is 34.9 Å². The third-order valence-electron chi connectivity index (χ3n) is 5.11. The first-order chi connectivity index (χ1) is 13.6. The van der Waals surface area contributed by atoms with Gasteiger partial charge in [0.25, 0.3) is 17.4 Å². The van der Waals surface area contributed by atoms with E-state index in [2.05, 4.69) is 4.98 Å². The van der Waals surface area contributed by atoms with Crippen LogP contribution in [0.5, 0.6) is 0 Å². The molecule has 2 aliphatic rings. The number of para-hydroxylation sites is 1. The standard InChI is InChI=1S/C21H17N3O3S/c25-18-14-5-1-2-6-15(14)19(26)23(18)11-12-28-21-22-17-8-4-3-7-16(17)20(27)24(21)13-9-10-13/h1-8,13H,9-12H2. The van der Waals surface area contributed by atoms with Gasteiger partial charge in [0.2, 0.25) is 0 Å². The molecule has 0 spiro atoms. The summed E-state index contributed by atoms with van der Waals surface area (Å²) in [5, 5.41) is 1.28. The molecule has 1 fully saturated rings. The van der Waals surface area contributed by atoms with Gasteiger partial charge in [-0.1, -0.05) is 36.0 Å². The number of fused-ring (bicyclic) bond motifs is 2. The van der Waals surface area contributed by atoms with Gasteiger partial charge in [-0.05, 0) is 37.1 Å². The first kappa shape index (κ1) is 17.2. The topological polar surface area (TPSA) is 72.3 Å². The van der Waals surface area contributed by atoms with E-state index in [9.17, 15) is 14.4 Å². The third-order valence-corrected chi connectivity index (χ3v) is 6.04. The maximum Gasteiger partial charge on any atom is 0.262 e. The predicted molar refractivity (Wildman–Crippen MR) is 107 cm³/mol. The van der Waals surface area contributed by atoms with E-state index in [-0.39, 0.29) is 30.0 Å². The predicted octanol–water partition coefficient (Wildman–Crippen LogP) is 3.12. The van der Waals surface area contributed by atoms with Crippen LogP contribution in [-0.4, -0.2) is 38.6 Å². The van der Waals surface area contributed by atoms with Gasteiger partial charge >= 0.3 is 0 Å². The third kappa shape index (κ3) is 2.74. The van der Waals surface area contributed by atoms with Crippen LogP contribution in [0.1, 0.15) is 39.6 Å². The number of nitrogens with zero attached hydrogens (tertiary/aromatic N) is 3. The molecule has 6 nitrogen and oxygen atoms in total. The molecule has 0 radical (unpaired) electrons. The van der Waals surface area contributed by atoms with E-state index >= 15 is 0 Å². The number of amides is 2. The Morgan fingerprint density at radius 3 is 2.25 bits per heavy atom. The highest BCUT2D eigenvalue weighted by molar-refractivity contribution is 7.99. The van der Waals surface area contributed by atoms with Gasteiger partial charge in [0.15, 0.2) is 5.16 Å². The van der Waals surface area contributed by atoms with Gasteiger partial charge in [0.1, 0.15) is 0 Å². The molecule has 0 saturated heterocycles. The molecule has 140 valence electrons. The summed E-state index contributed by atoms with van der Waals surface area (Å²) in [6.07, 6.45) is 1.96. The van der Waals surface area contributed by atoms with E-state index in [0.717, 1.165) is 12.8 Å². The number of aromatic nitrogens is 2. The second-order valence-electron chi connectivity index (χ2n) is 6.97. The van der Waals surface area contributed by atoms with Crippen molar-refractivity contribution in [3.8, 4) is 0 Å². The maximum atomic E-state index is 12.9. The summed E-state index contributed by atoms with van der Waals surface area (Å²) < 4.78 is 1.77. The van der Waals surface area contributed by atoms with Crippen molar-refractivity contribution in [2.75, 3.05) is 12.3 Å². The number of benzene rings is 2. The Hall–Kier alpha value is -2.93. The van der Waals surface area contributed by atoms with Crippen LogP contribution in [0.25, 0.3) is 10.9 Å². The van der Waals surface area contributed by atoms with Crippen LogP contribution in [0, 0.1) is 0 Å². The number of rotatable bonds is 5. The highest BCUT2D eigenvalue weighted by atomic mass is 32.2. The Morgan fingerprint density at radius 2 is 1.57 bits per heavy atom. The van der Waals surface area contributed by atoms with Crippen LogP contribution in [0.15, 0.2) is 58.5 Å². The summed E-state index contributed by atoms with van der Waals surface area (Å²) in [5.41, 5.74) is 1.57. The van der Waals surface area contributed by atoms with Crippen LogP contribution < -0.4 is 5.56 Å². The quantitative estimate of drug-likeness (QED) is 0.380. The van der Waals surface area contributed by atoms with Crippen molar-refractivity contribution in [2.24, 2.45) is 0 Å². The minimum absolute atomic E-state index is 0.0173. The lowest BCUT2D eigenvalue weighted by molar-refractivity contribution is 0.0664. The zero-order valence-electron chi connectivity index (χ0n) is 15.0. The summed E-state index contributed by atoms with van der Waals surface area (Å²) in [6, 6.07) is 14.4. The number of hydrogen-bond donors (Lipinski definition) is 0. The lowest BCUT2D eigenvalue weighted by atomic mass is 10.1. The van der Waals surface area contributed by atoms with Gasteiger partial charge in [-0.15, -0.1) is 0 Å². The fourth-order valence-electron chi connectivity index (χ4n) is 3.55. The van der Waals surface area contributed by atoms with Gasteiger partial charge in [0, 0.05) is 18.3 Å². The highest BCUT2D eigenvalue weighted by Gasteiger charge is 2.35. The van der Waals surface area contributed by atoms with E-state index in [1.807, 2.05) is 18.2 Å². The molecule has 0 atom stereocenters. The smallest absolute Gasteiger partial charge is 0.262 e. The molecule has 2 aromatic carbocycles. The Labute approximate surface area is 165 Å². The molecule has 1 aliphatic heterocycles. The average Bonchev–Trinajstić information content (AvgIpc) is 3.52. The Morgan fingerprint density at radius 1 is 0.929 bits per heavy atom. The molecule has 1 saturated carbocycles. The monoisotopic (exact) mass is 391 g/mol. The zero-order valence-corrected chi connectivity index (χ0v) is 15.8. The number of imide groups is 1. The zero-order chi connectivity index (χ0) is 19.3. The van der Waals surface area contributed by atoms with E-state index in [1.165, 1.54) is 16.7 Å². The summed E-state index contributed by atoms with van der Waals surface area (Å²) >= 11 is 1.42. The highest BCUT2D eigenvalue weighted by Crippen LogP contribution is 2.37. The molecule has 1 aliphatic carbocycles. The second-order valence-corrected chi connectivity index (χ2v) is 8.04. The van der Waals surface area contributed by atoms with Crippen molar-refractivity contribution >= 4 is 34.5 Å². The first-order valence-electron chi connectivity index (χ1n) is 9.24. The van der Waals surface area contributed by atoms with Crippen LogP contribution in [0.3, 0.4) is 0 Å². The van der Waals surface area contributed by atoms with Gasteiger partial charge < -0.3 is 0 Å². The number of hydrogen-bond acceptors (Lipinski definition) is 5. The van der Waals surface area contributed by atoms with Crippen LogP contribution in [0.2, 0.25) is 0 Å². The molecule has 7 heteroatoms. The number of thioether (sulfide) groups is 1. The molecule has 0 N–H and O–H groups in total. The molecule has 2 heterocycles. The maximum absolute atomic E-state index is 12.9. The van der Waals surface area contributed by atoms with Crippen molar-refractivity contribution < 1.29 is 9.59 Å². The van der Waals surface area contributed by atoms with Gasteiger partial charge in [0.05, 0.1) is 22.0 Å². The van der Waals surface area contributed by atoms with Gasteiger partial charge in [-0.2, -0.15) is 0 Å². The molecule has 0 unspecified atom stereocenters. The molecule has 28 heavy (non-hydrogen) atoms. The van der Waals surface area contributed by atoms with Gasteiger partial charge in [-0.25, -0.2) is 4.98 Å². The van der Waals surface area contributed by atoms with Crippen molar-refractivity contribution in [1.29, 1.82) is 0 Å². The SMILES string of the molecule is O=C1c2ccccc2C(=O)N1CCSc1nc2ccccc2c(=O)n1C1CC1. The van der Waals surface area contributed by atoms with Gasteiger partial charge in [-0.3, -0.25) is 23.9 Å². The number of carbonyl (C=O) groups excluding carboxylic acids is 2. The van der Waals surface area contributed by atoms with Crippen molar-refractivity contribution in [1.82, 2.24) is 14.5 Å². The van der Waals surface area contributed by atoms with Crippen molar-refractivity contribution in [3.63, 3.8) is 0 Å². The lowest BCUT2D eigenvalue weighted by Gasteiger charge is -2.15. The molecule has 1 aromatic heterocycles. The van der Waals surface area contributed by atoms with E-state index in [0.29, 0.717) is 32.9 Å². The summed E-state index contributed by atoms with van der Waals surface area (Å²) in [7, 11) is 0. The Balaban J connectivity index is 1.39. The lowest BCUT2D eigenvalue weighted by Crippen LogP contribution is -2.32. The van der Waals surface area contributed by atoms with Crippen LogP contribution in [0.4, 0.5) is 0 Å². The molecule has 2 amide bonds. The molecular weight excluding hydrogens is 374 g/mol. The Kier molecular flexibility index (Phi) is 4.05. The summed E-state index contributed by atoms with van der Waals surface area (Å²) in [4.78, 5) is 43.8. The second kappa shape index (κ2) is 6.60. The van der Waals surface area contributed by atoms with E-state index in [4.69, 9.17) is 0 Å². The average molecular weight is 391 g/mol. The fourth-order valence-corrected chi connectivity index (χ4v) is 4.54. The van der Waals surface area contributed by atoms with E-state index < -0.39 is 0 Å². The summed E-state index contributed by atoms with van der Waals surface area (Å²) in [5.74, 6) is -0.0253. The minimum atomic E-state index is -0.257. The largest absolute Gasteiger partial charge is 0.284 e. The first-order valence-corrected chi connectivity index (χ1v) is 10.2. The van der Waals surface area contributed by atoms with Crippen LogP contribution in [-0.2, 0) is 0 Å². The molecule has 5 rings (SSSR count). The van der Waals surface area contributed by atoms with Crippen molar-refractivity contribution in [2.45, 2.75) is 24.0 Å². The Bertz CT molecular complexity index is 1150. The number of carbonyl (C=O) groups is 2. The molecule has 3 aromatic rings. The minimum Gasteiger partial charge on any atom is -0.284 e. The summed E-state index contributed by atoms with van der Waals surface area (Å²) in [6.45, 7) is 0.282. The van der Waals surface area contributed by atoms with Crippen molar-refractivity contribution in [3.05, 3.63) is 70.0 Å². The van der Waals surface area contributed by atoms with Crippen LogP contribution >= 0.6 is 11.8 Å². The normalized spacial score (nSPS) is 16.1.